The highest BCUT2D eigenvalue weighted by molar-refractivity contribution is 5.51. The third-order valence-corrected chi connectivity index (χ3v) is 2.80. The topological polar surface area (TPSA) is 79.1 Å². The maximum absolute atomic E-state index is 5.73. The van der Waals surface area contributed by atoms with E-state index in [1.165, 1.54) is 0 Å². The zero-order chi connectivity index (χ0) is 14.4. The van der Waals surface area contributed by atoms with Crippen molar-refractivity contribution in [2.24, 2.45) is 5.92 Å². The van der Waals surface area contributed by atoms with E-state index in [-0.39, 0.29) is 5.95 Å². The summed E-state index contributed by atoms with van der Waals surface area (Å²) in [5, 5.41) is 6.59. The van der Waals surface area contributed by atoms with Crippen molar-refractivity contribution in [3.8, 4) is 0 Å². The molecule has 1 atom stereocenters. The highest BCUT2D eigenvalue weighted by atomic mass is 15.2. The average Bonchev–Trinajstić information content (AvgIpc) is 2.27. The van der Waals surface area contributed by atoms with Gasteiger partial charge in [0.05, 0.1) is 0 Å². The Morgan fingerprint density at radius 1 is 1.26 bits per heavy atom. The Bertz CT molecular complexity index is 391. The number of nitrogens with two attached hydrogens (primary N) is 1. The lowest BCUT2D eigenvalue weighted by Gasteiger charge is -2.26. The van der Waals surface area contributed by atoms with E-state index in [0.717, 1.165) is 24.7 Å². The molecule has 0 bridgehead atoms. The lowest BCUT2D eigenvalue weighted by Crippen LogP contribution is -2.36. The first-order valence-corrected chi connectivity index (χ1v) is 6.72. The average molecular weight is 266 g/mol. The SMILES string of the molecule is CCNc1cc(NC(CN(C)C)C(C)C)nc(N)n1. The van der Waals surface area contributed by atoms with E-state index in [1.54, 1.807) is 0 Å². The van der Waals surface area contributed by atoms with Gasteiger partial charge in [-0.2, -0.15) is 9.97 Å². The van der Waals surface area contributed by atoms with Crippen molar-refractivity contribution in [2.75, 3.05) is 43.6 Å². The van der Waals surface area contributed by atoms with Gasteiger partial charge in [-0.3, -0.25) is 0 Å². The molecule has 0 spiro atoms. The smallest absolute Gasteiger partial charge is 0.223 e. The number of hydrogen-bond acceptors (Lipinski definition) is 6. The van der Waals surface area contributed by atoms with Crippen LogP contribution in [0, 0.1) is 5.92 Å². The third-order valence-electron chi connectivity index (χ3n) is 2.80. The largest absolute Gasteiger partial charge is 0.370 e. The number of aromatic nitrogens is 2. The van der Waals surface area contributed by atoms with Crippen molar-refractivity contribution in [2.45, 2.75) is 26.8 Å². The molecule has 108 valence electrons. The number of nitrogen functional groups attached to an aromatic ring is 1. The van der Waals surface area contributed by atoms with E-state index in [1.807, 2.05) is 13.0 Å². The van der Waals surface area contributed by atoms with Gasteiger partial charge in [0.25, 0.3) is 0 Å². The highest BCUT2D eigenvalue weighted by Gasteiger charge is 2.15. The van der Waals surface area contributed by atoms with E-state index in [0.29, 0.717) is 12.0 Å². The van der Waals surface area contributed by atoms with Crippen LogP contribution < -0.4 is 16.4 Å². The maximum Gasteiger partial charge on any atom is 0.223 e. The second-order valence-corrected chi connectivity index (χ2v) is 5.28. The normalized spacial score (nSPS) is 12.8. The minimum Gasteiger partial charge on any atom is -0.370 e. The van der Waals surface area contributed by atoms with E-state index < -0.39 is 0 Å². The van der Waals surface area contributed by atoms with Crippen molar-refractivity contribution in [1.29, 1.82) is 0 Å². The summed E-state index contributed by atoms with van der Waals surface area (Å²) in [6.07, 6.45) is 0. The van der Waals surface area contributed by atoms with Crippen molar-refractivity contribution in [3.05, 3.63) is 6.07 Å². The second-order valence-electron chi connectivity index (χ2n) is 5.28. The molecule has 19 heavy (non-hydrogen) atoms. The van der Waals surface area contributed by atoms with Crippen LogP contribution in [0.5, 0.6) is 0 Å². The summed E-state index contributed by atoms with van der Waals surface area (Å²) < 4.78 is 0. The van der Waals surface area contributed by atoms with Crippen molar-refractivity contribution in [3.63, 3.8) is 0 Å². The second kappa shape index (κ2) is 7.13. The summed E-state index contributed by atoms with van der Waals surface area (Å²) in [7, 11) is 4.13. The van der Waals surface area contributed by atoms with Crippen LogP contribution >= 0.6 is 0 Å². The van der Waals surface area contributed by atoms with E-state index >= 15 is 0 Å². The van der Waals surface area contributed by atoms with Crippen molar-refractivity contribution < 1.29 is 0 Å². The fourth-order valence-electron chi connectivity index (χ4n) is 1.82. The first-order valence-electron chi connectivity index (χ1n) is 6.72. The highest BCUT2D eigenvalue weighted by Crippen LogP contribution is 2.16. The minimum absolute atomic E-state index is 0.285. The fourth-order valence-corrected chi connectivity index (χ4v) is 1.82. The van der Waals surface area contributed by atoms with E-state index in [9.17, 15) is 0 Å². The van der Waals surface area contributed by atoms with E-state index in [4.69, 9.17) is 5.73 Å². The molecule has 1 unspecified atom stereocenters. The summed E-state index contributed by atoms with van der Waals surface area (Å²) in [6, 6.07) is 2.21. The van der Waals surface area contributed by atoms with Crippen LogP contribution in [-0.2, 0) is 0 Å². The predicted molar refractivity (Wildman–Crippen MR) is 81.4 cm³/mol. The van der Waals surface area contributed by atoms with Crippen LogP contribution in [0.2, 0.25) is 0 Å². The van der Waals surface area contributed by atoms with Gasteiger partial charge in [0.2, 0.25) is 5.95 Å². The zero-order valence-corrected chi connectivity index (χ0v) is 12.6. The van der Waals surface area contributed by atoms with Gasteiger partial charge in [0.15, 0.2) is 0 Å². The van der Waals surface area contributed by atoms with Crippen molar-refractivity contribution >= 4 is 17.6 Å². The standard InChI is InChI=1S/C13H26N6/c1-6-15-11-7-12(18-13(14)17-11)16-10(9(2)3)8-19(4)5/h7,9-10H,6,8H2,1-5H3,(H4,14,15,16,17,18). The zero-order valence-electron chi connectivity index (χ0n) is 12.6. The molecule has 1 aromatic heterocycles. The van der Waals surface area contributed by atoms with Crippen LogP contribution in [0.1, 0.15) is 20.8 Å². The Balaban J connectivity index is 2.83. The van der Waals surface area contributed by atoms with Crippen LogP contribution in [0.4, 0.5) is 17.6 Å². The van der Waals surface area contributed by atoms with E-state index in [2.05, 4.69) is 53.4 Å². The van der Waals surface area contributed by atoms with Crippen LogP contribution in [0.3, 0.4) is 0 Å². The Kier molecular flexibility index (Phi) is 5.82. The maximum atomic E-state index is 5.73. The number of rotatable bonds is 7. The van der Waals surface area contributed by atoms with Crippen LogP contribution in [-0.4, -0.2) is 48.1 Å². The molecule has 4 N–H and O–H groups in total. The molecule has 6 nitrogen and oxygen atoms in total. The predicted octanol–water partition coefficient (Wildman–Crippen LogP) is 1.49. The lowest BCUT2D eigenvalue weighted by molar-refractivity contribution is 0.344. The first kappa shape index (κ1) is 15.5. The number of hydrogen-bond donors (Lipinski definition) is 3. The number of nitrogens with zero attached hydrogens (tertiary/aromatic N) is 3. The van der Waals surface area contributed by atoms with Gasteiger partial charge in [-0.25, -0.2) is 0 Å². The molecule has 0 aromatic carbocycles. The molecule has 0 amide bonds. The summed E-state index contributed by atoms with van der Waals surface area (Å²) in [5.74, 6) is 2.31. The molecular formula is C13H26N6. The summed E-state index contributed by atoms with van der Waals surface area (Å²) in [5.41, 5.74) is 5.73. The van der Waals surface area contributed by atoms with Gasteiger partial charge in [0.1, 0.15) is 11.6 Å². The Labute approximate surface area is 115 Å². The fraction of sp³-hybridized carbons (Fsp3) is 0.692. The monoisotopic (exact) mass is 266 g/mol. The minimum atomic E-state index is 0.285. The molecule has 0 saturated carbocycles. The molecule has 0 aliphatic carbocycles. The van der Waals surface area contributed by atoms with Gasteiger partial charge in [-0.05, 0) is 26.9 Å². The summed E-state index contributed by atoms with van der Waals surface area (Å²) >= 11 is 0. The molecule has 1 aromatic rings. The first-order chi connectivity index (χ1) is 8.92. The molecule has 1 heterocycles. The lowest BCUT2D eigenvalue weighted by atomic mass is 10.0. The van der Waals surface area contributed by atoms with Gasteiger partial charge >= 0.3 is 0 Å². The summed E-state index contributed by atoms with van der Waals surface area (Å²) in [6.45, 7) is 8.15. The number of nitrogens with one attached hydrogen (secondary N) is 2. The quantitative estimate of drug-likeness (QED) is 0.694. The van der Waals surface area contributed by atoms with Crippen molar-refractivity contribution in [1.82, 2.24) is 14.9 Å². The Hall–Kier alpha value is -1.56. The molecule has 0 fully saturated rings. The molecule has 0 saturated heterocycles. The molecule has 0 aliphatic rings. The molecule has 1 rings (SSSR count). The van der Waals surface area contributed by atoms with Gasteiger partial charge in [-0.1, -0.05) is 13.8 Å². The molecule has 0 aliphatic heterocycles. The molecule has 0 radical (unpaired) electrons. The van der Waals surface area contributed by atoms with Gasteiger partial charge in [0, 0.05) is 25.2 Å². The Morgan fingerprint density at radius 2 is 1.89 bits per heavy atom. The number of anilines is 3. The Morgan fingerprint density at radius 3 is 2.42 bits per heavy atom. The third kappa shape index (κ3) is 5.30. The van der Waals surface area contributed by atoms with Crippen LogP contribution in [0.15, 0.2) is 6.07 Å². The van der Waals surface area contributed by atoms with Gasteiger partial charge < -0.3 is 21.3 Å². The summed E-state index contributed by atoms with van der Waals surface area (Å²) in [4.78, 5) is 10.5. The van der Waals surface area contributed by atoms with Crippen LogP contribution in [0.25, 0.3) is 0 Å². The molecule has 6 heteroatoms. The molecular weight excluding hydrogens is 240 g/mol. The number of likely N-dealkylation sites (N-methyl/N-ethyl adjacent to an activating group) is 1. The van der Waals surface area contributed by atoms with Gasteiger partial charge in [-0.15, -0.1) is 0 Å².